The number of thioether (sulfide) groups is 1. The Kier molecular flexibility index (Phi) is 4.08. The fourth-order valence-electron chi connectivity index (χ4n) is 2.24. The molecule has 1 N–H and O–H groups in total. The highest BCUT2D eigenvalue weighted by Gasteiger charge is 2.07. The van der Waals surface area contributed by atoms with Crippen LogP contribution in [0.2, 0.25) is 5.02 Å². The number of aromatic nitrogens is 2. The predicted molar refractivity (Wildman–Crippen MR) is 91.4 cm³/mol. The van der Waals surface area contributed by atoms with Gasteiger partial charge in [-0.2, -0.15) is 0 Å². The van der Waals surface area contributed by atoms with E-state index >= 15 is 0 Å². The Hall–Kier alpha value is -1.65. The molecule has 108 valence electrons. The summed E-state index contributed by atoms with van der Waals surface area (Å²) >= 11 is 7.70. The second-order valence-electron chi connectivity index (χ2n) is 5.02. The van der Waals surface area contributed by atoms with E-state index in [1.165, 1.54) is 11.3 Å². The Morgan fingerprint density at radius 1 is 1.19 bits per heavy atom. The number of para-hydroxylation sites is 1. The number of anilines is 1. The van der Waals surface area contributed by atoms with Crippen molar-refractivity contribution in [2.75, 3.05) is 19.0 Å². The molecule has 0 spiro atoms. The summed E-state index contributed by atoms with van der Waals surface area (Å²) in [5.41, 5.74) is 4.46. The third-order valence-electron chi connectivity index (χ3n) is 3.26. The molecule has 0 saturated heterocycles. The Balaban J connectivity index is 1.80. The molecule has 0 aliphatic rings. The SMILES string of the molecule is CN(C)c1ccccc1CSc1nc2ccc(Cl)cc2[nH]1. The van der Waals surface area contributed by atoms with Gasteiger partial charge in [0, 0.05) is 30.6 Å². The molecule has 0 amide bonds. The lowest BCUT2D eigenvalue weighted by molar-refractivity contribution is 1.07. The van der Waals surface area contributed by atoms with Gasteiger partial charge in [-0.3, -0.25) is 0 Å². The molecular weight excluding hydrogens is 302 g/mol. The van der Waals surface area contributed by atoms with Crippen LogP contribution in [0.3, 0.4) is 0 Å². The lowest BCUT2D eigenvalue weighted by Crippen LogP contribution is -2.10. The van der Waals surface area contributed by atoms with Crippen LogP contribution in [0.25, 0.3) is 11.0 Å². The number of hydrogen-bond donors (Lipinski definition) is 1. The van der Waals surface area contributed by atoms with Crippen molar-refractivity contribution in [1.29, 1.82) is 0 Å². The zero-order chi connectivity index (χ0) is 14.8. The molecule has 3 nitrogen and oxygen atoms in total. The highest BCUT2D eigenvalue weighted by atomic mass is 35.5. The van der Waals surface area contributed by atoms with Crippen LogP contribution in [0, 0.1) is 0 Å². The first-order chi connectivity index (χ1) is 10.1. The summed E-state index contributed by atoms with van der Waals surface area (Å²) in [4.78, 5) is 10.0. The van der Waals surface area contributed by atoms with Crippen LogP contribution in [0.4, 0.5) is 5.69 Å². The van der Waals surface area contributed by atoms with Crippen LogP contribution < -0.4 is 4.90 Å². The van der Waals surface area contributed by atoms with Gasteiger partial charge in [-0.1, -0.05) is 41.6 Å². The summed E-state index contributed by atoms with van der Waals surface area (Å²) < 4.78 is 0. The molecule has 0 fully saturated rings. The van der Waals surface area contributed by atoms with Crippen LogP contribution in [-0.4, -0.2) is 24.1 Å². The molecule has 5 heteroatoms. The molecule has 0 atom stereocenters. The Morgan fingerprint density at radius 2 is 2.00 bits per heavy atom. The van der Waals surface area contributed by atoms with E-state index in [-0.39, 0.29) is 0 Å². The number of benzene rings is 2. The normalized spacial score (nSPS) is 11.0. The minimum Gasteiger partial charge on any atom is -0.377 e. The summed E-state index contributed by atoms with van der Waals surface area (Å²) in [6.07, 6.45) is 0. The summed E-state index contributed by atoms with van der Waals surface area (Å²) in [5, 5.41) is 1.64. The Bertz CT molecular complexity index is 767. The number of aromatic amines is 1. The highest BCUT2D eigenvalue weighted by molar-refractivity contribution is 7.98. The maximum Gasteiger partial charge on any atom is 0.166 e. The quantitative estimate of drug-likeness (QED) is 0.715. The number of hydrogen-bond acceptors (Lipinski definition) is 3. The second kappa shape index (κ2) is 6.00. The minimum absolute atomic E-state index is 0.723. The van der Waals surface area contributed by atoms with Crippen LogP contribution in [0.1, 0.15) is 5.56 Å². The summed E-state index contributed by atoms with van der Waals surface area (Å²) in [6, 6.07) is 14.1. The lowest BCUT2D eigenvalue weighted by atomic mass is 10.2. The monoisotopic (exact) mass is 317 g/mol. The number of halogens is 1. The van der Waals surface area contributed by atoms with Crippen LogP contribution >= 0.6 is 23.4 Å². The van der Waals surface area contributed by atoms with Crippen molar-refractivity contribution in [2.24, 2.45) is 0 Å². The van der Waals surface area contributed by atoms with E-state index in [2.05, 4.69) is 53.2 Å². The van der Waals surface area contributed by atoms with Gasteiger partial charge in [-0.15, -0.1) is 0 Å². The molecule has 0 radical (unpaired) electrons. The van der Waals surface area contributed by atoms with Gasteiger partial charge in [0.1, 0.15) is 0 Å². The van der Waals surface area contributed by atoms with E-state index in [4.69, 9.17) is 11.6 Å². The Morgan fingerprint density at radius 3 is 2.81 bits per heavy atom. The van der Waals surface area contributed by atoms with E-state index in [1.54, 1.807) is 11.8 Å². The molecule has 21 heavy (non-hydrogen) atoms. The van der Waals surface area contributed by atoms with Crippen molar-refractivity contribution in [1.82, 2.24) is 9.97 Å². The molecule has 0 aliphatic carbocycles. The summed E-state index contributed by atoms with van der Waals surface area (Å²) in [5.74, 6) is 0.877. The van der Waals surface area contributed by atoms with E-state index < -0.39 is 0 Å². The van der Waals surface area contributed by atoms with Crippen molar-refractivity contribution in [3.05, 3.63) is 53.1 Å². The highest BCUT2D eigenvalue weighted by Crippen LogP contribution is 2.28. The predicted octanol–water partition coefficient (Wildman–Crippen LogP) is 4.57. The molecule has 1 aromatic heterocycles. The fourth-order valence-corrected chi connectivity index (χ4v) is 3.30. The van der Waals surface area contributed by atoms with Gasteiger partial charge in [0.25, 0.3) is 0 Å². The topological polar surface area (TPSA) is 31.9 Å². The molecular formula is C16H16ClN3S. The Labute approximate surface area is 133 Å². The second-order valence-corrected chi connectivity index (χ2v) is 6.42. The van der Waals surface area contributed by atoms with Crippen molar-refractivity contribution < 1.29 is 0 Å². The van der Waals surface area contributed by atoms with Gasteiger partial charge in [0.05, 0.1) is 11.0 Å². The zero-order valence-electron chi connectivity index (χ0n) is 11.9. The van der Waals surface area contributed by atoms with Crippen LogP contribution in [0.5, 0.6) is 0 Å². The lowest BCUT2D eigenvalue weighted by Gasteiger charge is -2.16. The number of nitrogens with one attached hydrogen (secondary N) is 1. The van der Waals surface area contributed by atoms with E-state index in [1.807, 2.05) is 18.2 Å². The summed E-state index contributed by atoms with van der Waals surface area (Å²) in [7, 11) is 4.12. The van der Waals surface area contributed by atoms with Gasteiger partial charge in [0.2, 0.25) is 0 Å². The maximum absolute atomic E-state index is 6.00. The van der Waals surface area contributed by atoms with Gasteiger partial charge in [-0.05, 0) is 29.8 Å². The van der Waals surface area contributed by atoms with Gasteiger partial charge in [-0.25, -0.2) is 4.98 Å². The van der Waals surface area contributed by atoms with Crippen LogP contribution in [0.15, 0.2) is 47.6 Å². The number of imidazole rings is 1. The third kappa shape index (κ3) is 3.17. The molecule has 3 aromatic rings. The van der Waals surface area contributed by atoms with Gasteiger partial charge in [0.15, 0.2) is 5.16 Å². The molecule has 0 aliphatic heterocycles. The fraction of sp³-hybridized carbons (Fsp3) is 0.188. The first kappa shape index (κ1) is 14.3. The molecule has 0 bridgehead atoms. The molecule has 2 aromatic carbocycles. The number of rotatable bonds is 4. The van der Waals surface area contributed by atoms with Crippen molar-refractivity contribution >= 4 is 40.1 Å². The number of fused-ring (bicyclic) bond motifs is 1. The largest absolute Gasteiger partial charge is 0.377 e. The molecule has 3 rings (SSSR count). The van der Waals surface area contributed by atoms with Gasteiger partial charge >= 0.3 is 0 Å². The number of nitrogens with zero attached hydrogens (tertiary/aromatic N) is 2. The average Bonchev–Trinajstić information content (AvgIpc) is 2.87. The van der Waals surface area contributed by atoms with E-state index in [0.29, 0.717) is 0 Å². The molecule has 0 saturated carbocycles. The summed E-state index contributed by atoms with van der Waals surface area (Å²) in [6.45, 7) is 0. The molecule has 1 heterocycles. The smallest absolute Gasteiger partial charge is 0.166 e. The third-order valence-corrected chi connectivity index (χ3v) is 4.42. The van der Waals surface area contributed by atoms with Crippen molar-refractivity contribution in [3.63, 3.8) is 0 Å². The average molecular weight is 318 g/mol. The van der Waals surface area contributed by atoms with Crippen molar-refractivity contribution in [3.8, 4) is 0 Å². The standard InChI is InChI=1S/C16H16ClN3S/c1-20(2)15-6-4-3-5-11(15)10-21-16-18-13-8-7-12(17)9-14(13)19-16/h3-9H,10H2,1-2H3,(H,18,19). The first-order valence-electron chi connectivity index (χ1n) is 6.67. The van der Waals surface area contributed by atoms with E-state index in [9.17, 15) is 0 Å². The number of H-pyrrole nitrogens is 1. The minimum atomic E-state index is 0.723. The zero-order valence-corrected chi connectivity index (χ0v) is 13.5. The van der Waals surface area contributed by atoms with Crippen molar-refractivity contribution in [2.45, 2.75) is 10.9 Å². The molecule has 0 unspecified atom stereocenters. The maximum atomic E-state index is 6.00. The first-order valence-corrected chi connectivity index (χ1v) is 8.03. The van der Waals surface area contributed by atoms with Crippen LogP contribution in [-0.2, 0) is 5.75 Å². The van der Waals surface area contributed by atoms with Gasteiger partial charge < -0.3 is 9.88 Å². The van der Waals surface area contributed by atoms with E-state index in [0.717, 1.165) is 27.0 Å².